The van der Waals surface area contributed by atoms with Gasteiger partial charge in [0.1, 0.15) is 5.82 Å². The number of aromatic nitrogens is 2. The first-order valence-corrected chi connectivity index (χ1v) is 10.7. The van der Waals surface area contributed by atoms with Crippen molar-refractivity contribution in [2.45, 2.75) is 27.3 Å². The number of hydrogen-bond acceptors (Lipinski definition) is 4. The summed E-state index contributed by atoms with van der Waals surface area (Å²) in [4.78, 5) is 26.7. The number of nitrogens with zero attached hydrogens (tertiary/aromatic N) is 3. The molecule has 0 saturated heterocycles. The summed E-state index contributed by atoms with van der Waals surface area (Å²) in [7, 11) is 1.73. The van der Waals surface area contributed by atoms with Crippen LogP contribution < -0.4 is 10.6 Å². The molecule has 168 valence electrons. The maximum atomic E-state index is 12.5. The van der Waals surface area contributed by atoms with Gasteiger partial charge in [-0.2, -0.15) is 5.10 Å². The summed E-state index contributed by atoms with van der Waals surface area (Å²) >= 11 is 6.23. The van der Waals surface area contributed by atoms with E-state index in [-0.39, 0.29) is 24.9 Å². The van der Waals surface area contributed by atoms with Gasteiger partial charge in [0.2, 0.25) is 11.8 Å². The normalized spacial score (nSPS) is 10.9. The number of hydrogen-bond donors (Lipinski definition) is 2. The molecule has 0 unspecified atom stereocenters. The average Bonchev–Trinajstić information content (AvgIpc) is 3.12. The fourth-order valence-electron chi connectivity index (χ4n) is 3.64. The Morgan fingerprint density at radius 3 is 2.28 bits per heavy atom. The molecule has 0 spiro atoms. The van der Waals surface area contributed by atoms with Gasteiger partial charge in [-0.25, -0.2) is 4.68 Å². The van der Waals surface area contributed by atoms with Crippen LogP contribution in [0.15, 0.2) is 48.7 Å². The topological polar surface area (TPSA) is 79.3 Å². The number of likely N-dealkylation sites (N-methyl/N-ethyl adjacent to an activating group) is 1. The Kier molecular flexibility index (Phi) is 7.66. The number of anilines is 2. The molecule has 7 nitrogen and oxygen atoms in total. The summed E-state index contributed by atoms with van der Waals surface area (Å²) in [6, 6.07) is 13.3. The van der Waals surface area contributed by atoms with Gasteiger partial charge in [-0.05, 0) is 50.6 Å². The van der Waals surface area contributed by atoms with Gasteiger partial charge >= 0.3 is 0 Å². The summed E-state index contributed by atoms with van der Waals surface area (Å²) in [5.41, 5.74) is 4.91. The molecule has 0 aliphatic rings. The zero-order chi connectivity index (χ0) is 23.3. The fraction of sp³-hybridized carbons (Fsp3) is 0.292. The molecule has 0 radical (unpaired) electrons. The largest absolute Gasteiger partial charge is 0.324 e. The monoisotopic (exact) mass is 453 g/mol. The lowest BCUT2D eigenvalue weighted by Gasteiger charge is -2.18. The second-order valence-corrected chi connectivity index (χ2v) is 8.42. The summed E-state index contributed by atoms with van der Waals surface area (Å²) in [5, 5.41) is 10.7. The van der Waals surface area contributed by atoms with Gasteiger partial charge in [0.15, 0.2) is 0 Å². The van der Waals surface area contributed by atoms with E-state index in [9.17, 15) is 9.59 Å². The fourth-order valence-corrected chi connectivity index (χ4v) is 3.83. The molecule has 1 heterocycles. The van der Waals surface area contributed by atoms with Gasteiger partial charge in [-0.3, -0.25) is 14.5 Å². The third-order valence-corrected chi connectivity index (χ3v) is 5.40. The molecule has 2 aromatic carbocycles. The maximum Gasteiger partial charge on any atom is 0.239 e. The molecule has 1 aromatic heterocycles. The van der Waals surface area contributed by atoms with Gasteiger partial charge in [0.25, 0.3) is 0 Å². The van der Waals surface area contributed by atoms with Crippen LogP contribution >= 0.6 is 11.6 Å². The van der Waals surface area contributed by atoms with Crippen LogP contribution in [0.2, 0.25) is 5.02 Å². The van der Waals surface area contributed by atoms with Crippen LogP contribution in [0, 0.1) is 20.8 Å². The molecule has 0 fully saturated rings. The van der Waals surface area contributed by atoms with Gasteiger partial charge in [0, 0.05) is 16.8 Å². The second-order valence-electron chi connectivity index (χ2n) is 8.01. The molecule has 0 atom stereocenters. The molecule has 0 aliphatic carbocycles. The quantitative estimate of drug-likeness (QED) is 0.540. The number of carbonyl (C=O) groups excluding carboxylic acids is 2. The van der Waals surface area contributed by atoms with Crippen LogP contribution in [-0.2, 0) is 16.1 Å². The Bertz CT molecular complexity index is 1100. The minimum absolute atomic E-state index is 0.0660. The van der Waals surface area contributed by atoms with Crippen LogP contribution in [0.5, 0.6) is 0 Å². The zero-order valence-corrected chi connectivity index (χ0v) is 19.5. The molecule has 8 heteroatoms. The van der Waals surface area contributed by atoms with E-state index in [4.69, 9.17) is 11.6 Å². The SMILES string of the molecule is Cc1cc(C)c(NC(=O)CN(C)CC(=O)Nc2ccnn2Cc2ccccc2Cl)c(C)c1. The zero-order valence-electron chi connectivity index (χ0n) is 18.8. The van der Waals surface area contributed by atoms with E-state index in [2.05, 4.69) is 15.7 Å². The van der Waals surface area contributed by atoms with Gasteiger partial charge in [-0.1, -0.05) is 47.5 Å². The van der Waals surface area contributed by atoms with Crippen molar-refractivity contribution >= 4 is 34.9 Å². The molecular formula is C24H28ClN5O2. The molecule has 2 amide bonds. The van der Waals surface area contributed by atoms with Crippen LogP contribution in [0.1, 0.15) is 22.3 Å². The Labute approximate surface area is 193 Å². The highest BCUT2D eigenvalue weighted by atomic mass is 35.5. The lowest BCUT2D eigenvalue weighted by Crippen LogP contribution is -2.36. The molecule has 2 N–H and O–H groups in total. The van der Waals surface area contributed by atoms with E-state index in [1.54, 1.807) is 28.9 Å². The molecule has 0 bridgehead atoms. The van der Waals surface area contributed by atoms with Gasteiger partial charge in [0.05, 0.1) is 25.8 Å². The summed E-state index contributed by atoms with van der Waals surface area (Å²) in [5.74, 6) is 0.168. The summed E-state index contributed by atoms with van der Waals surface area (Å²) in [6.07, 6.45) is 1.62. The number of carbonyl (C=O) groups is 2. The van der Waals surface area contributed by atoms with E-state index >= 15 is 0 Å². The van der Waals surface area contributed by atoms with Crippen molar-refractivity contribution in [3.05, 3.63) is 75.9 Å². The number of aryl methyl sites for hydroxylation is 3. The maximum absolute atomic E-state index is 12.5. The molecular weight excluding hydrogens is 426 g/mol. The van der Waals surface area contributed by atoms with E-state index in [0.29, 0.717) is 17.4 Å². The highest BCUT2D eigenvalue weighted by molar-refractivity contribution is 6.31. The minimum atomic E-state index is -0.232. The van der Waals surface area contributed by atoms with E-state index < -0.39 is 0 Å². The highest BCUT2D eigenvalue weighted by Crippen LogP contribution is 2.22. The standard InChI is InChI=1S/C24H28ClN5O2/c1-16-11-17(2)24(18(3)12-16)28-23(32)15-29(4)14-22(31)27-21-9-10-26-30(21)13-19-7-5-6-8-20(19)25/h5-12H,13-15H2,1-4H3,(H,27,31)(H,28,32). The second kappa shape index (κ2) is 10.4. The van der Waals surface area contributed by atoms with E-state index in [1.165, 1.54) is 0 Å². The van der Waals surface area contributed by atoms with Crippen molar-refractivity contribution in [3.8, 4) is 0 Å². The number of amides is 2. The van der Waals surface area contributed by atoms with Crippen molar-refractivity contribution in [2.75, 3.05) is 30.8 Å². The highest BCUT2D eigenvalue weighted by Gasteiger charge is 2.15. The van der Waals surface area contributed by atoms with Gasteiger partial charge in [-0.15, -0.1) is 0 Å². The first-order chi connectivity index (χ1) is 15.2. The number of rotatable bonds is 8. The lowest BCUT2D eigenvalue weighted by molar-refractivity contribution is -0.119. The van der Waals surface area contributed by atoms with Crippen molar-refractivity contribution < 1.29 is 9.59 Å². The van der Waals surface area contributed by atoms with Crippen LogP contribution in [0.3, 0.4) is 0 Å². The van der Waals surface area contributed by atoms with E-state index in [0.717, 1.165) is 27.9 Å². The predicted octanol–water partition coefficient (Wildman–Crippen LogP) is 4.02. The summed E-state index contributed by atoms with van der Waals surface area (Å²) < 4.78 is 1.68. The minimum Gasteiger partial charge on any atom is -0.324 e. The van der Waals surface area contributed by atoms with Gasteiger partial charge < -0.3 is 10.6 Å². The molecule has 0 aliphatic heterocycles. The van der Waals surface area contributed by atoms with Crippen molar-refractivity contribution in [1.29, 1.82) is 0 Å². The van der Waals surface area contributed by atoms with Crippen LogP contribution in [0.4, 0.5) is 11.5 Å². The summed E-state index contributed by atoms with van der Waals surface area (Å²) in [6.45, 7) is 6.57. The Morgan fingerprint density at radius 1 is 1.00 bits per heavy atom. The number of benzene rings is 2. The molecule has 3 rings (SSSR count). The lowest BCUT2D eigenvalue weighted by atomic mass is 10.1. The first-order valence-electron chi connectivity index (χ1n) is 10.3. The third kappa shape index (κ3) is 6.18. The van der Waals surface area contributed by atoms with Crippen molar-refractivity contribution in [3.63, 3.8) is 0 Å². The molecule has 3 aromatic rings. The number of nitrogens with one attached hydrogen (secondary N) is 2. The van der Waals surface area contributed by atoms with Crippen molar-refractivity contribution in [1.82, 2.24) is 14.7 Å². The van der Waals surface area contributed by atoms with Crippen LogP contribution in [-0.4, -0.2) is 46.6 Å². The third-order valence-electron chi connectivity index (χ3n) is 5.03. The number of halogens is 1. The first kappa shape index (κ1) is 23.5. The van der Waals surface area contributed by atoms with E-state index in [1.807, 2.05) is 57.2 Å². The smallest absolute Gasteiger partial charge is 0.239 e. The van der Waals surface area contributed by atoms with Crippen molar-refractivity contribution in [2.24, 2.45) is 0 Å². The Hall–Kier alpha value is -3.16. The van der Waals surface area contributed by atoms with Crippen LogP contribution in [0.25, 0.3) is 0 Å². The molecule has 32 heavy (non-hydrogen) atoms. The Morgan fingerprint density at radius 2 is 1.62 bits per heavy atom. The average molecular weight is 454 g/mol. The molecule has 0 saturated carbocycles. The Balaban J connectivity index is 1.54. The predicted molar refractivity (Wildman–Crippen MR) is 128 cm³/mol.